The van der Waals surface area contributed by atoms with E-state index in [1.165, 1.54) is 11.3 Å². The van der Waals surface area contributed by atoms with Gasteiger partial charge in [0.1, 0.15) is 12.3 Å². The van der Waals surface area contributed by atoms with Gasteiger partial charge in [-0.05, 0) is 36.8 Å². The number of para-hydroxylation sites is 1. The number of esters is 1. The molecule has 1 aliphatic carbocycles. The van der Waals surface area contributed by atoms with Gasteiger partial charge >= 0.3 is 5.97 Å². The van der Waals surface area contributed by atoms with Gasteiger partial charge in [-0.15, -0.1) is 0 Å². The summed E-state index contributed by atoms with van der Waals surface area (Å²) in [5.41, 5.74) is 2.49. The Morgan fingerprint density at radius 1 is 1.33 bits per heavy atom. The molecule has 10 atom stereocenters. The number of carbonyl (C=O) groups excluding carboxylic acids is 1. The maximum atomic E-state index is 12.2. The summed E-state index contributed by atoms with van der Waals surface area (Å²) in [6.07, 6.45) is 2.64. The largest absolute Gasteiger partial charge is 0.461 e. The number of benzene rings is 1. The molecule has 27 heavy (non-hydrogen) atoms. The molecule has 1 saturated carbocycles. The first-order valence-corrected chi connectivity index (χ1v) is 10.5. The second-order valence-corrected chi connectivity index (χ2v) is 9.39. The fraction of sp³-hybridized carbons (Fsp3) is 0.682. The normalized spacial score (nSPS) is 50.7. The number of nitrogens with zero attached hydrogens (tertiary/aromatic N) is 2. The summed E-state index contributed by atoms with van der Waals surface area (Å²) in [6, 6.07) is 9.60. The Kier molecular flexibility index (Phi) is 3.07. The van der Waals surface area contributed by atoms with Crippen LogP contribution in [0.15, 0.2) is 24.3 Å². The van der Waals surface area contributed by atoms with E-state index in [0.29, 0.717) is 23.9 Å². The summed E-state index contributed by atoms with van der Waals surface area (Å²) < 4.78 is 6.17. The van der Waals surface area contributed by atoms with Crippen molar-refractivity contribution >= 4 is 11.7 Å². The predicted molar refractivity (Wildman–Crippen MR) is 101 cm³/mol. The average molecular weight is 368 g/mol. The van der Waals surface area contributed by atoms with E-state index in [0.717, 1.165) is 19.3 Å². The molecule has 5 heterocycles. The second-order valence-electron chi connectivity index (χ2n) is 9.39. The smallest absolute Gasteiger partial charge is 0.302 e. The van der Waals surface area contributed by atoms with Gasteiger partial charge in [-0.1, -0.05) is 25.1 Å². The van der Waals surface area contributed by atoms with Crippen LogP contribution in [0.1, 0.15) is 38.7 Å². The van der Waals surface area contributed by atoms with E-state index in [-0.39, 0.29) is 35.7 Å². The quantitative estimate of drug-likeness (QED) is 0.811. The molecule has 6 aliphatic rings. The summed E-state index contributed by atoms with van der Waals surface area (Å²) in [5, 5.41) is 11.2. The zero-order valence-corrected chi connectivity index (χ0v) is 16.2. The molecule has 1 N–H and O–H groups in total. The van der Waals surface area contributed by atoms with Crippen molar-refractivity contribution in [3.8, 4) is 0 Å². The Morgan fingerprint density at radius 3 is 2.85 bits per heavy atom. The maximum Gasteiger partial charge on any atom is 0.302 e. The molecule has 4 saturated heterocycles. The molecular formula is C22H28N2O3. The first kappa shape index (κ1) is 16.4. The number of aliphatic hydroxyl groups is 1. The zero-order valence-electron chi connectivity index (χ0n) is 16.2. The second kappa shape index (κ2) is 5.06. The van der Waals surface area contributed by atoms with Crippen molar-refractivity contribution in [2.75, 3.05) is 11.9 Å². The summed E-state index contributed by atoms with van der Waals surface area (Å²) in [5.74, 6) is 0.897. The number of ether oxygens (including phenoxy) is 1. The van der Waals surface area contributed by atoms with Crippen molar-refractivity contribution < 1.29 is 14.6 Å². The lowest BCUT2D eigenvalue weighted by atomic mass is 9.62. The van der Waals surface area contributed by atoms with Gasteiger partial charge in [0.2, 0.25) is 0 Å². The first-order valence-electron chi connectivity index (χ1n) is 10.5. The minimum Gasteiger partial charge on any atom is -0.461 e. The Morgan fingerprint density at radius 2 is 2.11 bits per heavy atom. The summed E-state index contributed by atoms with van der Waals surface area (Å²) in [7, 11) is 2.19. The number of rotatable bonds is 2. The Bertz CT molecular complexity index is 828. The Balaban J connectivity index is 1.60. The van der Waals surface area contributed by atoms with Crippen molar-refractivity contribution in [2.24, 2.45) is 17.8 Å². The van der Waals surface area contributed by atoms with Gasteiger partial charge in [0.25, 0.3) is 0 Å². The minimum atomic E-state index is -0.355. The molecule has 5 heteroatoms. The number of likely N-dealkylation sites (N-methyl/N-ethyl adjacent to an activating group) is 1. The number of hydrogen-bond donors (Lipinski definition) is 1. The van der Waals surface area contributed by atoms with Gasteiger partial charge in [-0.3, -0.25) is 9.69 Å². The van der Waals surface area contributed by atoms with Gasteiger partial charge < -0.3 is 14.7 Å². The Hall–Kier alpha value is -1.59. The molecule has 0 amide bonds. The molecule has 5 nitrogen and oxygen atoms in total. The third-order valence-electron chi connectivity index (χ3n) is 8.72. The monoisotopic (exact) mass is 368 g/mol. The van der Waals surface area contributed by atoms with E-state index in [1.54, 1.807) is 6.92 Å². The van der Waals surface area contributed by atoms with Crippen LogP contribution in [0.4, 0.5) is 5.69 Å². The number of fused-ring (bicyclic) bond motifs is 2. The highest BCUT2D eigenvalue weighted by Gasteiger charge is 2.77. The molecule has 5 fully saturated rings. The van der Waals surface area contributed by atoms with Gasteiger partial charge in [-0.2, -0.15) is 0 Å². The van der Waals surface area contributed by atoms with E-state index < -0.39 is 0 Å². The molecule has 144 valence electrons. The lowest BCUT2D eigenvalue weighted by Crippen LogP contribution is -2.72. The molecule has 7 rings (SSSR count). The lowest BCUT2D eigenvalue weighted by Gasteiger charge is -2.62. The van der Waals surface area contributed by atoms with Crippen LogP contribution in [0.25, 0.3) is 0 Å². The Labute approximate surface area is 160 Å². The molecule has 0 radical (unpaired) electrons. The third kappa shape index (κ3) is 1.64. The van der Waals surface area contributed by atoms with E-state index in [2.05, 4.69) is 48.0 Å². The number of anilines is 1. The van der Waals surface area contributed by atoms with Crippen LogP contribution >= 0.6 is 0 Å². The molecular weight excluding hydrogens is 340 g/mol. The minimum absolute atomic E-state index is 0.0855. The standard InChI is InChI=1S/C22H28N2O3/c1-4-12-13-9-16-19-22(14-7-5-6-8-15(14)23(19)3)10-17(24(16)21(12)26)18(13)20(22)27-11(2)25/h5-8,12-13,16-21,26H,4,9-10H2,1-3H3/t12-,13+,16-,17-,18?,19-,20+,21+,22+/m0/s1. The summed E-state index contributed by atoms with van der Waals surface area (Å²) in [4.78, 5) is 17.0. The van der Waals surface area contributed by atoms with Crippen LogP contribution in [0.3, 0.4) is 0 Å². The molecule has 5 bridgehead atoms. The summed E-state index contributed by atoms with van der Waals surface area (Å²) in [6.45, 7) is 3.74. The molecule has 1 aromatic carbocycles. The fourth-order valence-corrected chi connectivity index (χ4v) is 8.21. The van der Waals surface area contributed by atoms with Crippen molar-refractivity contribution in [3.63, 3.8) is 0 Å². The van der Waals surface area contributed by atoms with Crippen molar-refractivity contribution in [1.82, 2.24) is 4.90 Å². The van der Waals surface area contributed by atoms with Crippen molar-refractivity contribution in [3.05, 3.63) is 29.8 Å². The van der Waals surface area contributed by atoms with Crippen molar-refractivity contribution in [1.29, 1.82) is 0 Å². The highest BCUT2D eigenvalue weighted by molar-refractivity contribution is 5.70. The molecule has 5 aliphatic heterocycles. The van der Waals surface area contributed by atoms with Gasteiger partial charge in [0.05, 0.1) is 11.5 Å². The van der Waals surface area contributed by atoms with Crippen molar-refractivity contribution in [2.45, 2.75) is 69.0 Å². The summed E-state index contributed by atoms with van der Waals surface area (Å²) >= 11 is 0. The highest BCUT2D eigenvalue weighted by Crippen LogP contribution is 2.69. The van der Waals surface area contributed by atoms with Gasteiger partial charge in [-0.25, -0.2) is 0 Å². The van der Waals surface area contributed by atoms with Gasteiger partial charge in [0, 0.05) is 43.6 Å². The number of aliphatic hydroxyl groups excluding tert-OH is 1. The number of carbonyl (C=O) groups is 1. The van der Waals surface area contributed by atoms with E-state index in [4.69, 9.17) is 4.74 Å². The average Bonchev–Trinajstić information content (AvgIpc) is 3.04. The topological polar surface area (TPSA) is 53.0 Å². The fourth-order valence-electron chi connectivity index (χ4n) is 8.21. The SMILES string of the molecule is CC[C@@H]1[C@@H](O)N2[C@H]3C[C@@]45c6ccccc6N(C)[C@H]4[C@@H]2C[C@H]1C3[C@H]5OC(C)=O. The van der Waals surface area contributed by atoms with Crippen LogP contribution in [-0.2, 0) is 14.9 Å². The number of piperidine rings is 4. The first-order chi connectivity index (χ1) is 13.0. The molecule has 0 aromatic heterocycles. The third-order valence-corrected chi connectivity index (χ3v) is 8.72. The predicted octanol–water partition coefficient (Wildman–Crippen LogP) is 2.13. The zero-order chi connectivity index (χ0) is 18.7. The van der Waals surface area contributed by atoms with Gasteiger partial charge in [0.15, 0.2) is 0 Å². The van der Waals surface area contributed by atoms with E-state index >= 15 is 0 Å². The maximum absolute atomic E-state index is 12.2. The van der Waals surface area contributed by atoms with Crippen LogP contribution in [-0.4, -0.2) is 53.5 Å². The molecule has 1 aromatic rings. The van der Waals surface area contributed by atoms with Crippen LogP contribution in [0.2, 0.25) is 0 Å². The van der Waals surface area contributed by atoms with Crippen LogP contribution in [0, 0.1) is 17.8 Å². The molecule has 1 spiro atoms. The number of hydrogen-bond acceptors (Lipinski definition) is 5. The van der Waals surface area contributed by atoms with E-state index in [1.807, 2.05) is 0 Å². The highest BCUT2D eigenvalue weighted by atomic mass is 16.5. The molecule has 2 unspecified atom stereocenters. The van der Waals surface area contributed by atoms with Crippen LogP contribution < -0.4 is 4.90 Å². The lowest BCUT2D eigenvalue weighted by molar-refractivity contribution is -0.212. The van der Waals surface area contributed by atoms with Crippen LogP contribution in [0.5, 0.6) is 0 Å². The van der Waals surface area contributed by atoms with E-state index in [9.17, 15) is 9.90 Å².